The van der Waals surface area contributed by atoms with Crippen molar-refractivity contribution in [3.05, 3.63) is 28.3 Å². The fourth-order valence-electron chi connectivity index (χ4n) is 2.39. The van der Waals surface area contributed by atoms with Crippen molar-refractivity contribution in [1.29, 1.82) is 0 Å². The van der Waals surface area contributed by atoms with Gasteiger partial charge in [-0.25, -0.2) is 23.2 Å². The minimum absolute atomic E-state index is 0.0189. The van der Waals surface area contributed by atoms with E-state index in [0.717, 1.165) is 37.5 Å². The molecule has 1 aliphatic heterocycles. The Morgan fingerprint density at radius 2 is 2.12 bits per heavy atom. The van der Waals surface area contributed by atoms with Crippen LogP contribution in [0.15, 0.2) is 23.1 Å². The van der Waals surface area contributed by atoms with Gasteiger partial charge in [0.15, 0.2) is 0 Å². The largest absolute Gasteiger partial charge is 0.453 e. The Hall–Kier alpha value is -2.40. The Labute approximate surface area is 138 Å². The molecule has 11 heteroatoms. The molecule has 1 unspecified atom stereocenters. The van der Waals surface area contributed by atoms with Crippen LogP contribution in [0.3, 0.4) is 0 Å². The number of amides is 1. The molecule has 0 radical (unpaired) electrons. The van der Waals surface area contributed by atoms with Crippen molar-refractivity contribution in [3.8, 4) is 5.75 Å². The standard InChI is InChI=1S/C13H17N3O7S/c1-9-4-2-3-7-15(9)13(17)23-22-12-6-5-10(24(14,20)21)8-11(12)16(18)19/h5-6,8-9H,2-4,7H2,1H3,(H2,14,20,21). The summed E-state index contributed by atoms with van der Waals surface area (Å²) in [6, 6.07) is 2.75. The maximum absolute atomic E-state index is 12.0. The molecule has 2 N–H and O–H groups in total. The third-order valence-electron chi connectivity index (χ3n) is 3.70. The van der Waals surface area contributed by atoms with E-state index in [2.05, 4.69) is 4.89 Å². The number of nitrogens with zero attached hydrogens (tertiary/aromatic N) is 2. The van der Waals surface area contributed by atoms with Gasteiger partial charge in [-0.1, -0.05) is 0 Å². The molecule has 1 saturated heterocycles. The van der Waals surface area contributed by atoms with E-state index in [1.807, 2.05) is 6.92 Å². The fourth-order valence-corrected chi connectivity index (χ4v) is 2.92. The molecule has 1 amide bonds. The van der Waals surface area contributed by atoms with Crippen LogP contribution in [0.5, 0.6) is 5.75 Å². The third-order valence-corrected chi connectivity index (χ3v) is 4.61. The predicted octanol–water partition coefficient (Wildman–Crippen LogP) is 1.55. The molecule has 132 valence electrons. The summed E-state index contributed by atoms with van der Waals surface area (Å²) in [5, 5.41) is 16.0. The topological polar surface area (TPSA) is 142 Å². The molecule has 0 bridgehead atoms. The van der Waals surface area contributed by atoms with E-state index in [1.165, 1.54) is 4.90 Å². The van der Waals surface area contributed by atoms with E-state index < -0.39 is 37.4 Å². The van der Waals surface area contributed by atoms with Gasteiger partial charge in [0.1, 0.15) is 0 Å². The maximum atomic E-state index is 12.0. The molecule has 1 aromatic rings. The monoisotopic (exact) mass is 359 g/mol. The van der Waals surface area contributed by atoms with Gasteiger partial charge in [-0.15, -0.1) is 0 Å². The molecule has 1 aliphatic rings. The van der Waals surface area contributed by atoms with Crippen LogP contribution in [0.4, 0.5) is 10.5 Å². The lowest BCUT2D eigenvalue weighted by Crippen LogP contribution is -2.42. The summed E-state index contributed by atoms with van der Waals surface area (Å²) in [6.45, 7) is 2.37. The van der Waals surface area contributed by atoms with Crippen molar-refractivity contribution in [1.82, 2.24) is 4.90 Å². The summed E-state index contributed by atoms with van der Waals surface area (Å²) in [5.74, 6) is -0.398. The SMILES string of the molecule is CC1CCCCN1C(=O)OOc1ccc(S(N)(=O)=O)cc1[N+](=O)[O-]. The summed E-state index contributed by atoms with van der Waals surface area (Å²) in [5.41, 5.74) is -0.680. The van der Waals surface area contributed by atoms with E-state index in [-0.39, 0.29) is 6.04 Å². The normalized spacial score (nSPS) is 18.1. The van der Waals surface area contributed by atoms with E-state index in [9.17, 15) is 23.3 Å². The van der Waals surface area contributed by atoms with Crippen LogP contribution in [0, 0.1) is 10.1 Å². The van der Waals surface area contributed by atoms with Gasteiger partial charge in [-0.2, -0.15) is 0 Å². The Morgan fingerprint density at radius 3 is 2.71 bits per heavy atom. The quantitative estimate of drug-likeness (QED) is 0.488. The first-order valence-electron chi connectivity index (χ1n) is 7.16. The lowest BCUT2D eigenvalue weighted by atomic mass is 10.0. The van der Waals surface area contributed by atoms with Crippen molar-refractivity contribution in [3.63, 3.8) is 0 Å². The molecule has 0 spiro atoms. The summed E-state index contributed by atoms with van der Waals surface area (Å²) < 4.78 is 22.5. The minimum Gasteiger partial charge on any atom is -0.302 e. The van der Waals surface area contributed by atoms with Gasteiger partial charge >= 0.3 is 11.8 Å². The van der Waals surface area contributed by atoms with Crippen molar-refractivity contribution < 1.29 is 27.9 Å². The number of rotatable bonds is 4. The molecule has 1 atom stereocenters. The summed E-state index contributed by atoms with van der Waals surface area (Å²) in [7, 11) is -4.11. The van der Waals surface area contributed by atoms with Gasteiger partial charge in [0.25, 0.3) is 5.75 Å². The van der Waals surface area contributed by atoms with Gasteiger partial charge in [-0.05, 0) is 38.3 Å². The number of sulfonamides is 1. The average molecular weight is 359 g/mol. The summed E-state index contributed by atoms with van der Waals surface area (Å²) in [4.78, 5) is 32.6. The lowest BCUT2D eigenvalue weighted by Gasteiger charge is -2.31. The Morgan fingerprint density at radius 1 is 1.42 bits per heavy atom. The molecule has 1 aromatic carbocycles. The first kappa shape index (κ1) is 17.9. The lowest BCUT2D eigenvalue weighted by molar-refractivity contribution is -0.388. The van der Waals surface area contributed by atoms with Crippen LogP contribution in [0.25, 0.3) is 0 Å². The highest BCUT2D eigenvalue weighted by Gasteiger charge is 2.27. The zero-order valence-corrected chi connectivity index (χ0v) is 13.7. The highest BCUT2D eigenvalue weighted by atomic mass is 32.2. The van der Waals surface area contributed by atoms with Crippen LogP contribution in [-0.4, -0.2) is 36.9 Å². The molecule has 1 fully saturated rings. The molecule has 0 saturated carbocycles. The molecule has 1 heterocycles. The number of nitro benzene ring substituents is 1. The zero-order valence-electron chi connectivity index (χ0n) is 12.9. The van der Waals surface area contributed by atoms with E-state index in [0.29, 0.717) is 6.54 Å². The van der Waals surface area contributed by atoms with Crippen molar-refractivity contribution in [2.45, 2.75) is 37.1 Å². The Balaban J connectivity index is 2.14. The van der Waals surface area contributed by atoms with Crippen molar-refractivity contribution in [2.75, 3.05) is 6.54 Å². The van der Waals surface area contributed by atoms with Gasteiger partial charge < -0.3 is 4.90 Å². The number of likely N-dealkylation sites (tertiary alicyclic amines) is 1. The molecular weight excluding hydrogens is 342 g/mol. The minimum atomic E-state index is -4.11. The van der Waals surface area contributed by atoms with E-state index in [1.54, 1.807) is 0 Å². The average Bonchev–Trinajstić information content (AvgIpc) is 2.51. The second-order valence-electron chi connectivity index (χ2n) is 5.40. The van der Waals surface area contributed by atoms with Gasteiger partial charge in [0.05, 0.1) is 9.82 Å². The molecule has 10 nitrogen and oxygen atoms in total. The number of benzene rings is 1. The number of hydrogen-bond acceptors (Lipinski definition) is 7. The van der Waals surface area contributed by atoms with Crippen LogP contribution >= 0.6 is 0 Å². The summed E-state index contributed by atoms with van der Waals surface area (Å²) in [6.07, 6.45) is 1.92. The molecule has 0 aliphatic carbocycles. The number of carbonyl (C=O) groups excluding carboxylic acids is 1. The first-order chi connectivity index (χ1) is 11.2. The smallest absolute Gasteiger partial charge is 0.302 e. The number of nitro groups is 1. The van der Waals surface area contributed by atoms with Crippen LogP contribution < -0.4 is 10.0 Å². The highest BCUT2D eigenvalue weighted by Crippen LogP contribution is 2.30. The number of carbonyl (C=O) groups is 1. The molecule has 0 aromatic heterocycles. The number of primary sulfonamides is 1. The maximum Gasteiger partial charge on any atom is 0.453 e. The van der Waals surface area contributed by atoms with Crippen LogP contribution in [0.2, 0.25) is 0 Å². The van der Waals surface area contributed by atoms with Gasteiger partial charge in [0.2, 0.25) is 10.0 Å². The molecule has 2 rings (SSSR count). The molecule has 24 heavy (non-hydrogen) atoms. The Kier molecular flexibility index (Phi) is 5.24. The van der Waals surface area contributed by atoms with E-state index >= 15 is 0 Å². The Bertz CT molecular complexity index is 750. The molecular formula is C13H17N3O7S. The number of hydrogen-bond donors (Lipinski definition) is 1. The fraction of sp³-hybridized carbons (Fsp3) is 0.462. The van der Waals surface area contributed by atoms with Crippen molar-refractivity contribution >= 4 is 21.8 Å². The zero-order chi connectivity index (χ0) is 17.9. The highest BCUT2D eigenvalue weighted by molar-refractivity contribution is 7.89. The third kappa shape index (κ3) is 4.11. The van der Waals surface area contributed by atoms with Crippen LogP contribution in [-0.2, 0) is 14.9 Å². The predicted molar refractivity (Wildman–Crippen MR) is 81.6 cm³/mol. The van der Waals surface area contributed by atoms with Gasteiger partial charge in [0, 0.05) is 18.7 Å². The number of piperidine rings is 1. The van der Waals surface area contributed by atoms with Crippen LogP contribution in [0.1, 0.15) is 26.2 Å². The summed E-state index contributed by atoms with van der Waals surface area (Å²) >= 11 is 0. The van der Waals surface area contributed by atoms with E-state index in [4.69, 9.17) is 10.0 Å². The second-order valence-corrected chi connectivity index (χ2v) is 6.96. The number of nitrogens with two attached hydrogens (primary N) is 1. The first-order valence-corrected chi connectivity index (χ1v) is 8.71. The van der Waals surface area contributed by atoms with Gasteiger partial charge in [-0.3, -0.25) is 15.0 Å². The van der Waals surface area contributed by atoms with Crippen molar-refractivity contribution in [2.24, 2.45) is 5.14 Å². The second kappa shape index (κ2) is 7.01.